The zero-order valence-electron chi connectivity index (χ0n) is 11.0. The Bertz CT molecular complexity index is 636. The summed E-state index contributed by atoms with van der Waals surface area (Å²) in [7, 11) is 0. The molecule has 2 rings (SSSR count). The smallest absolute Gasteiger partial charge is 0.376 e. The minimum atomic E-state index is -4.44. The fourth-order valence-corrected chi connectivity index (χ4v) is 1.91. The second kappa shape index (κ2) is 5.71. The van der Waals surface area contributed by atoms with Crippen molar-refractivity contribution in [1.29, 1.82) is 0 Å². The highest BCUT2D eigenvalue weighted by Gasteiger charge is 2.30. The Kier molecular flexibility index (Phi) is 4.16. The number of alkyl halides is 3. The van der Waals surface area contributed by atoms with Crippen molar-refractivity contribution in [2.75, 3.05) is 5.32 Å². The van der Waals surface area contributed by atoms with Crippen LogP contribution in [0.15, 0.2) is 42.5 Å². The zero-order valence-corrected chi connectivity index (χ0v) is 11.0. The van der Waals surface area contributed by atoms with Crippen molar-refractivity contribution < 1.29 is 22.0 Å². The van der Waals surface area contributed by atoms with Crippen LogP contribution in [0.3, 0.4) is 0 Å². The van der Waals surface area contributed by atoms with Crippen molar-refractivity contribution in [2.45, 2.75) is 19.1 Å². The third-order valence-electron chi connectivity index (χ3n) is 3.01. The topological polar surface area (TPSA) is 12.0 Å². The van der Waals surface area contributed by atoms with E-state index in [0.29, 0.717) is 5.56 Å². The highest BCUT2D eigenvalue weighted by molar-refractivity contribution is 5.47. The maximum Gasteiger partial charge on any atom is 0.416 e. The van der Waals surface area contributed by atoms with Crippen LogP contribution in [0.25, 0.3) is 0 Å². The molecule has 2 aromatic carbocycles. The van der Waals surface area contributed by atoms with E-state index in [1.54, 1.807) is 6.92 Å². The van der Waals surface area contributed by atoms with Crippen LogP contribution in [0.1, 0.15) is 24.1 Å². The molecule has 0 fully saturated rings. The summed E-state index contributed by atoms with van der Waals surface area (Å²) in [5, 5.41) is 2.66. The lowest BCUT2D eigenvalue weighted by molar-refractivity contribution is -0.137. The molecule has 0 aromatic heterocycles. The van der Waals surface area contributed by atoms with Gasteiger partial charge in [-0.3, -0.25) is 0 Å². The van der Waals surface area contributed by atoms with E-state index in [0.717, 1.165) is 30.3 Å². The zero-order chi connectivity index (χ0) is 15.6. The summed E-state index contributed by atoms with van der Waals surface area (Å²) in [5.74, 6) is -1.30. The van der Waals surface area contributed by atoms with Gasteiger partial charge in [-0.1, -0.05) is 12.1 Å². The first kappa shape index (κ1) is 15.3. The van der Waals surface area contributed by atoms with E-state index >= 15 is 0 Å². The highest BCUT2D eigenvalue weighted by Crippen LogP contribution is 2.31. The lowest BCUT2D eigenvalue weighted by Crippen LogP contribution is -2.11. The van der Waals surface area contributed by atoms with Gasteiger partial charge in [-0.15, -0.1) is 0 Å². The number of hydrogen-bond donors (Lipinski definition) is 1. The van der Waals surface area contributed by atoms with Gasteiger partial charge < -0.3 is 5.32 Å². The fraction of sp³-hybridized carbons (Fsp3) is 0.200. The number of hydrogen-bond acceptors (Lipinski definition) is 1. The quantitative estimate of drug-likeness (QED) is 0.772. The lowest BCUT2D eigenvalue weighted by Gasteiger charge is -2.17. The normalized spacial score (nSPS) is 13.0. The molecule has 1 nitrogen and oxygen atoms in total. The van der Waals surface area contributed by atoms with E-state index < -0.39 is 29.4 Å². The van der Waals surface area contributed by atoms with Gasteiger partial charge in [0.2, 0.25) is 0 Å². The second-order valence-electron chi connectivity index (χ2n) is 4.61. The summed E-state index contributed by atoms with van der Waals surface area (Å²) in [6.45, 7) is 1.57. The predicted molar refractivity (Wildman–Crippen MR) is 69.8 cm³/mol. The van der Waals surface area contributed by atoms with Crippen LogP contribution in [0.5, 0.6) is 0 Å². The minimum absolute atomic E-state index is 0.0973. The molecule has 0 saturated heterocycles. The van der Waals surface area contributed by atoms with Gasteiger partial charge in [0.1, 0.15) is 11.6 Å². The third-order valence-corrected chi connectivity index (χ3v) is 3.01. The van der Waals surface area contributed by atoms with Gasteiger partial charge >= 0.3 is 6.18 Å². The molecule has 0 aliphatic heterocycles. The molecule has 1 atom stereocenters. The molecular weight excluding hydrogens is 289 g/mol. The second-order valence-corrected chi connectivity index (χ2v) is 4.61. The molecule has 112 valence electrons. The van der Waals surface area contributed by atoms with E-state index in [2.05, 4.69) is 5.32 Å². The number of benzene rings is 2. The number of anilines is 1. The maximum absolute atomic E-state index is 13.5. The Balaban J connectivity index is 2.24. The van der Waals surface area contributed by atoms with E-state index in [-0.39, 0.29) is 5.69 Å². The van der Waals surface area contributed by atoms with Crippen molar-refractivity contribution in [3.8, 4) is 0 Å². The summed E-state index contributed by atoms with van der Waals surface area (Å²) in [4.78, 5) is 0. The molecule has 0 spiro atoms. The summed E-state index contributed by atoms with van der Waals surface area (Å²) >= 11 is 0. The molecule has 2 aromatic rings. The van der Waals surface area contributed by atoms with Gasteiger partial charge in [0.25, 0.3) is 0 Å². The Morgan fingerprint density at radius 3 is 2.38 bits per heavy atom. The molecule has 1 N–H and O–H groups in total. The SMILES string of the molecule is CC(Nc1cc(F)ccc1F)c1cccc(C(F)(F)F)c1. The fourth-order valence-electron chi connectivity index (χ4n) is 1.91. The van der Waals surface area contributed by atoms with Crippen molar-refractivity contribution in [1.82, 2.24) is 0 Å². The average molecular weight is 301 g/mol. The Hall–Kier alpha value is -2.11. The van der Waals surface area contributed by atoms with Crippen molar-refractivity contribution >= 4 is 5.69 Å². The monoisotopic (exact) mass is 301 g/mol. The van der Waals surface area contributed by atoms with Crippen LogP contribution < -0.4 is 5.32 Å². The van der Waals surface area contributed by atoms with Crippen molar-refractivity contribution in [3.05, 3.63) is 65.2 Å². The Morgan fingerprint density at radius 2 is 1.71 bits per heavy atom. The van der Waals surface area contributed by atoms with Crippen LogP contribution >= 0.6 is 0 Å². The minimum Gasteiger partial charge on any atom is -0.376 e. The average Bonchev–Trinajstić information content (AvgIpc) is 2.42. The number of nitrogens with one attached hydrogen (secondary N) is 1. The molecule has 21 heavy (non-hydrogen) atoms. The van der Waals surface area contributed by atoms with Gasteiger partial charge in [-0.05, 0) is 42.8 Å². The van der Waals surface area contributed by atoms with Crippen LogP contribution in [-0.2, 0) is 6.18 Å². The molecule has 1 unspecified atom stereocenters. The maximum atomic E-state index is 13.5. The molecular formula is C15H12F5N. The van der Waals surface area contributed by atoms with Gasteiger partial charge in [0, 0.05) is 6.04 Å². The van der Waals surface area contributed by atoms with Gasteiger partial charge in [-0.2, -0.15) is 13.2 Å². The van der Waals surface area contributed by atoms with E-state index in [9.17, 15) is 22.0 Å². The van der Waals surface area contributed by atoms with E-state index in [1.165, 1.54) is 12.1 Å². The third kappa shape index (κ3) is 3.71. The van der Waals surface area contributed by atoms with Crippen LogP contribution in [-0.4, -0.2) is 0 Å². The first-order valence-electron chi connectivity index (χ1n) is 6.16. The van der Waals surface area contributed by atoms with E-state index in [4.69, 9.17) is 0 Å². The van der Waals surface area contributed by atoms with Crippen LogP contribution in [0.4, 0.5) is 27.6 Å². The summed E-state index contributed by atoms with van der Waals surface area (Å²) in [5.41, 5.74) is -0.554. The van der Waals surface area contributed by atoms with Crippen molar-refractivity contribution in [2.24, 2.45) is 0 Å². The number of rotatable bonds is 3. The summed E-state index contributed by atoms with van der Waals surface area (Å²) in [6.07, 6.45) is -4.44. The molecule has 0 saturated carbocycles. The van der Waals surface area contributed by atoms with Gasteiger partial charge in [0.15, 0.2) is 0 Å². The molecule has 0 amide bonds. The molecule has 0 radical (unpaired) electrons. The summed E-state index contributed by atoms with van der Waals surface area (Å²) < 4.78 is 64.5. The van der Waals surface area contributed by atoms with Crippen LogP contribution in [0, 0.1) is 11.6 Å². The van der Waals surface area contributed by atoms with Crippen molar-refractivity contribution in [3.63, 3.8) is 0 Å². The first-order valence-corrected chi connectivity index (χ1v) is 6.16. The van der Waals surface area contributed by atoms with E-state index in [1.807, 2.05) is 0 Å². The van der Waals surface area contributed by atoms with Gasteiger partial charge in [0.05, 0.1) is 11.3 Å². The predicted octanol–water partition coefficient (Wildman–Crippen LogP) is 5.16. The number of halogens is 5. The summed E-state index contributed by atoms with van der Waals surface area (Å²) in [6, 6.07) is 6.98. The van der Waals surface area contributed by atoms with Crippen LogP contribution in [0.2, 0.25) is 0 Å². The van der Waals surface area contributed by atoms with Gasteiger partial charge in [-0.25, -0.2) is 8.78 Å². The Labute approximate surface area is 118 Å². The molecule has 0 heterocycles. The standard InChI is InChI=1S/C15H12F5N/c1-9(21-14-8-12(16)5-6-13(14)17)10-3-2-4-11(7-10)15(18,19)20/h2-9,21H,1H3. The first-order chi connectivity index (χ1) is 9.77. The lowest BCUT2D eigenvalue weighted by atomic mass is 10.0. The highest BCUT2D eigenvalue weighted by atomic mass is 19.4. The Morgan fingerprint density at radius 1 is 1.00 bits per heavy atom. The molecule has 0 aliphatic rings. The molecule has 0 bridgehead atoms. The molecule has 0 aliphatic carbocycles. The largest absolute Gasteiger partial charge is 0.416 e. The molecule has 6 heteroatoms.